The third kappa shape index (κ3) is 2.41. The monoisotopic (exact) mass is 389 g/mol. The molecule has 1 aliphatic heterocycles. The van der Waals surface area contributed by atoms with E-state index in [2.05, 4.69) is 15.9 Å². The summed E-state index contributed by atoms with van der Waals surface area (Å²) in [6.45, 7) is 2.41. The van der Waals surface area contributed by atoms with Crippen LogP contribution >= 0.6 is 39.0 Å². The van der Waals surface area contributed by atoms with Gasteiger partial charge in [-0.2, -0.15) is 0 Å². The molecule has 0 saturated heterocycles. The standard InChI is InChI=1S/C13H12BrNO2S3/c1-9-8-12(19-13(9)14)20(16,17)15-6-7-18-11-5-3-2-4-10(11)15/h2-5,8H,6-7H2,1H3. The molecule has 1 aromatic heterocycles. The molecule has 2 aromatic rings. The minimum absolute atomic E-state index is 0.392. The minimum Gasteiger partial charge on any atom is -0.264 e. The van der Waals surface area contributed by atoms with Gasteiger partial charge in [0.05, 0.1) is 9.47 Å². The van der Waals surface area contributed by atoms with E-state index in [1.54, 1.807) is 17.8 Å². The number of hydrogen-bond acceptors (Lipinski definition) is 4. The van der Waals surface area contributed by atoms with Gasteiger partial charge in [-0.3, -0.25) is 4.31 Å². The van der Waals surface area contributed by atoms with Gasteiger partial charge in [-0.05, 0) is 46.6 Å². The molecule has 0 saturated carbocycles. The van der Waals surface area contributed by atoms with Crippen molar-refractivity contribution in [2.24, 2.45) is 0 Å². The third-order valence-corrected chi connectivity index (χ3v) is 8.51. The van der Waals surface area contributed by atoms with E-state index in [-0.39, 0.29) is 0 Å². The average Bonchev–Trinajstić information content (AvgIpc) is 2.79. The van der Waals surface area contributed by atoms with Crippen LogP contribution in [-0.4, -0.2) is 20.7 Å². The summed E-state index contributed by atoms with van der Waals surface area (Å²) >= 11 is 6.37. The number of benzene rings is 1. The zero-order valence-electron chi connectivity index (χ0n) is 10.7. The maximum Gasteiger partial charge on any atom is 0.273 e. The number of thiophene rings is 1. The number of aryl methyl sites for hydroxylation is 1. The van der Waals surface area contributed by atoms with Crippen molar-refractivity contribution in [2.75, 3.05) is 16.6 Å². The fourth-order valence-electron chi connectivity index (χ4n) is 2.06. The van der Waals surface area contributed by atoms with E-state index >= 15 is 0 Å². The summed E-state index contributed by atoms with van der Waals surface area (Å²) in [5, 5.41) is 0. The molecular weight excluding hydrogens is 378 g/mol. The van der Waals surface area contributed by atoms with Crippen LogP contribution < -0.4 is 4.31 Å². The molecule has 2 heterocycles. The number of nitrogens with zero attached hydrogens (tertiary/aromatic N) is 1. The second-order valence-electron chi connectivity index (χ2n) is 4.42. The molecular formula is C13H12BrNO2S3. The zero-order valence-corrected chi connectivity index (χ0v) is 14.7. The molecule has 0 N–H and O–H groups in total. The lowest BCUT2D eigenvalue weighted by Gasteiger charge is -2.29. The fourth-order valence-corrected chi connectivity index (χ4v) is 7.05. The van der Waals surface area contributed by atoms with Crippen molar-refractivity contribution in [1.29, 1.82) is 0 Å². The summed E-state index contributed by atoms with van der Waals surface area (Å²) in [7, 11) is -3.47. The molecule has 0 aliphatic carbocycles. The molecule has 1 aliphatic rings. The maximum absolute atomic E-state index is 12.8. The van der Waals surface area contributed by atoms with Crippen LogP contribution in [-0.2, 0) is 10.0 Å². The Balaban J connectivity index is 2.09. The Hall–Kier alpha value is -0.500. The number of fused-ring (bicyclic) bond motifs is 1. The van der Waals surface area contributed by atoms with E-state index in [4.69, 9.17) is 0 Å². The molecule has 0 bridgehead atoms. The molecule has 0 fully saturated rings. The van der Waals surface area contributed by atoms with Crippen molar-refractivity contribution in [3.05, 3.63) is 39.7 Å². The average molecular weight is 390 g/mol. The Morgan fingerprint density at radius 1 is 1.30 bits per heavy atom. The number of hydrogen-bond donors (Lipinski definition) is 0. The predicted octanol–water partition coefficient (Wildman–Crippen LogP) is 4.12. The van der Waals surface area contributed by atoms with E-state index in [9.17, 15) is 8.42 Å². The quantitative estimate of drug-likeness (QED) is 0.774. The summed E-state index contributed by atoms with van der Waals surface area (Å²) in [5.74, 6) is 0.780. The highest BCUT2D eigenvalue weighted by Gasteiger charge is 2.30. The summed E-state index contributed by atoms with van der Waals surface area (Å²) in [5.41, 5.74) is 1.74. The van der Waals surface area contributed by atoms with Crippen molar-refractivity contribution >= 4 is 54.7 Å². The minimum atomic E-state index is -3.47. The summed E-state index contributed by atoms with van der Waals surface area (Å²) in [6.07, 6.45) is 0. The second kappa shape index (κ2) is 5.36. The first-order valence-corrected chi connectivity index (χ1v) is 10.0. The Morgan fingerprint density at radius 3 is 2.75 bits per heavy atom. The van der Waals surface area contributed by atoms with Crippen LogP contribution in [0.4, 0.5) is 5.69 Å². The molecule has 1 aromatic carbocycles. The van der Waals surface area contributed by atoms with Crippen molar-refractivity contribution in [2.45, 2.75) is 16.0 Å². The Kier molecular flexibility index (Phi) is 3.87. The second-order valence-corrected chi connectivity index (χ2v) is 10.0. The Bertz CT molecular complexity index is 735. The van der Waals surface area contributed by atoms with E-state index < -0.39 is 10.0 Å². The topological polar surface area (TPSA) is 37.4 Å². The molecule has 20 heavy (non-hydrogen) atoms. The van der Waals surface area contributed by atoms with Gasteiger partial charge in [0.25, 0.3) is 10.0 Å². The van der Waals surface area contributed by atoms with Crippen molar-refractivity contribution in [3.8, 4) is 0 Å². The highest BCUT2D eigenvalue weighted by Crippen LogP contribution is 2.39. The number of anilines is 1. The van der Waals surface area contributed by atoms with Crippen molar-refractivity contribution in [3.63, 3.8) is 0 Å². The van der Waals surface area contributed by atoms with Crippen LogP contribution in [0, 0.1) is 6.92 Å². The van der Waals surface area contributed by atoms with Crippen LogP contribution in [0.15, 0.2) is 43.2 Å². The number of thioether (sulfide) groups is 1. The number of halogens is 1. The van der Waals surface area contributed by atoms with E-state index in [1.165, 1.54) is 15.6 Å². The molecule has 7 heteroatoms. The van der Waals surface area contributed by atoms with E-state index in [0.29, 0.717) is 10.8 Å². The van der Waals surface area contributed by atoms with Gasteiger partial charge in [0.1, 0.15) is 4.21 Å². The van der Waals surface area contributed by atoms with E-state index in [1.807, 2.05) is 31.2 Å². The van der Waals surface area contributed by atoms with Gasteiger partial charge in [0, 0.05) is 17.2 Å². The van der Waals surface area contributed by atoms with Crippen LogP contribution in [0.3, 0.4) is 0 Å². The number of sulfonamides is 1. The first-order chi connectivity index (χ1) is 9.50. The highest BCUT2D eigenvalue weighted by atomic mass is 79.9. The first kappa shape index (κ1) is 14.4. The Morgan fingerprint density at radius 2 is 2.05 bits per heavy atom. The fraction of sp³-hybridized carbons (Fsp3) is 0.231. The number of para-hydroxylation sites is 1. The molecule has 0 radical (unpaired) electrons. The van der Waals surface area contributed by atoms with Gasteiger partial charge < -0.3 is 0 Å². The third-order valence-electron chi connectivity index (χ3n) is 3.06. The van der Waals surface area contributed by atoms with Crippen LogP contribution in [0.1, 0.15) is 5.56 Å². The van der Waals surface area contributed by atoms with Gasteiger partial charge in [-0.1, -0.05) is 12.1 Å². The van der Waals surface area contributed by atoms with Gasteiger partial charge in [-0.15, -0.1) is 23.1 Å². The normalized spacial score (nSPS) is 15.2. The largest absolute Gasteiger partial charge is 0.273 e. The van der Waals surface area contributed by atoms with Crippen molar-refractivity contribution < 1.29 is 8.42 Å². The molecule has 0 spiro atoms. The Labute approximate surface area is 135 Å². The lowest BCUT2D eigenvalue weighted by atomic mass is 10.3. The maximum atomic E-state index is 12.8. The first-order valence-electron chi connectivity index (χ1n) is 6.00. The molecule has 3 rings (SSSR count). The van der Waals surface area contributed by atoms with Gasteiger partial charge in [-0.25, -0.2) is 8.42 Å². The summed E-state index contributed by atoms with van der Waals surface area (Å²) in [4.78, 5) is 1.02. The molecule has 0 unspecified atom stereocenters. The molecule has 106 valence electrons. The predicted molar refractivity (Wildman–Crippen MR) is 88.5 cm³/mol. The van der Waals surface area contributed by atoms with Crippen LogP contribution in [0.2, 0.25) is 0 Å². The molecule has 3 nitrogen and oxygen atoms in total. The van der Waals surface area contributed by atoms with Gasteiger partial charge >= 0.3 is 0 Å². The zero-order chi connectivity index (χ0) is 14.3. The lowest BCUT2D eigenvalue weighted by molar-refractivity contribution is 0.593. The van der Waals surface area contributed by atoms with Crippen LogP contribution in [0.5, 0.6) is 0 Å². The smallest absolute Gasteiger partial charge is 0.264 e. The summed E-state index contributed by atoms with van der Waals surface area (Å²) in [6, 6.07) is 9.39. The molecule has 0 amide bonds. The van der Waals surface area contributed by atoms with Crippen molar-refractivity contribution in [1.82, 2.24) is 0 Å². The summed E-state index contributed by atoms with van der Waals surface area (Å²) < 4.78 is 28.4. The molecule has 0 atom stereocenters. The van der Waals surface area contributed by atoms with Gasteiger partial charge in [0.2, 0.25) is 0 Å². The van der Waals surface area contributed by atoms with Gasteiger partial charge in [0.15, 0.2) is 0 Å². The SMILES string of the molecule is Cc1cc(S(=O)(=O)N2CCSc3ccccc32)sc1Br. The highest BCUT2D eigenvalue weighted by molar-refractivity contribution is 9.11. The van der Waals surface area contributed by atoms with E-state index in [0.717, 1.165) is 25.7 Å². The number of rotatable bonds is 2. The van der Waals surface area contributed by atoms with Crippen LogP contribution in [0.25, 0.3) is 0 Å². The lowest BCUT2D eigenvalue weighted by Crippen LogP contribution is -2.34.